The third-order valence-electron chi connectivity index (χ3n) is 22.6. The van der Waals surface area contributed by atoms with E-state index in [-0.39, 0.29) is 47.7 Å². The Kier molecular flexibility index (Phi) is 22.1. The molecule has 0 unspecified atom stereocenters. The van der Waals surface area contributed by atoms with Crippen LogP contribution in [-0.2, 0) is 52.2 Å². The van der Waals surface area contributed by atoms with E-state index in [9.17, 15) is 91.9 Å². The molecule has 0 radical (unpaired) electrons. The quantitative estimate of drug-likeness (QED) is 0.0507. The Balaban J connectivity index is 0.884. The van der Waals surface area contributed by atoms with Crippen molar-refractivity contribution in [2.24, 2.45) is 45.3 Å². The maximum absolute atomic E-state index is 15.4. The number of Topliss-reactive ketones (excluding diaryl/α,β-unsaturated/α-hetero) is 1. The number of allylic oxidation sites excluding steroid dienone is 1. The minimum Gasteiger partial charge on any atom is -0.394 e. The minimum absolute atomic E-state index is 0.00532. The normalized spacial score (nSPS) is 51.0. The molecule has 0 aromatic heterocycles. The highest BCUT2D eigenvalue weighted by Gasteiger charge is 2.71. The fraction of sp³-hybridized carbons (Fsp3) is 0.950. The third kappa shape index (κ3) is 13.0. The van der Waals surface area contributed by atoms with Crippen LogP contribution in [0.4, 0.5) is 0 Å². The van der Waals surface area contributed by atoms with E-state index < -0.39 is 221 Å². The van der Waals surface area contributed by atoms with Gasteiger partial charge < -0.3 is 139 Å². The summed E-state index contributed by atoms with van der Waals surface area (Å²) < 4.78 is 59.2. The molecule has 4 aliphatic carbocycles. The number of rotatable bonds is 20. The van der Waals surface area contributed by atoms with Crippen LogP contribution in [0.3, 0.4) is 0 Å². The van der Waals surface area contributed by atoms with E-state index in [0.29, 0.717) is 25.7 Å². The average Bonchev–Trinajstić information content (AvgIpc) is 1.66. The van der Waals surface area contributed by atoms with Gasteiger partial charge in [-0.2, -0.15) is 0 Å². The molecule has 29 heteroatoms. The summed E-state index contributed by atoms with van der Waals surface area (Å²) in [4.78, 5) is 15.4. The first-order chi connectivity index (χ1) is 41.6. The van der Waals surface area contributed by atoms with Gasteiger partial charge >= 0.3 is 0 Å². The minimum atomic E-state index is -1.97. The summed E-state index contributed by atoms with van der Waals surface area (Å²) in [5.41, 5.74) is -2.96. The second-order valence-electron chi connectivity index (χ2n) is 28.5. The van der Waals surface area contributed by atoms with E-state index in [4.69, 9.17) is 47.4 Å². The van der Waals surface area contributed by atoms with Crippen molar-refractivity contribution < 1.29 is 144 Å². The van der Waals surface area contributed by atoms with Gasteiger partial charge in [0.25, 0.3) is 0 Å². The number of aliphatic hydroxyl groups excluding tert-OH is 17. The zero-order chi connectivity index (χ0) is 65.5. The van der Waals surface area contributed by atoms with Crippen LogP contribution in [0, 0.1) is 45.3 Å². The number of hydrogen-bond donors (Lipinski definition) is 18. The number of fused-ring (bicyclic) bond motifs is 5. The topological polar surface area (TPSA) is 474 Å². The molecule has 0 aromatic carbocycles. The summed E-state index contributed by atoms with van der Waals surface area (Å²) in [6.45, 7) is 12.2. The molecule has 5 heterocycles. The van der Waals surface area contributed by atoms with Crippen LogP contribution in [0.2, 0.25) is 0 Å². The summed E-state index contributed by atoms with van der Waals surface area (Å²) in [6, 6.07) is 0. The summed E-state index contributed by atoms with van der Waals surface area (Å²) >= 11 is 0. The van der Waals surface area contributed by atoms with Crippen LogP contribution in [0.25, 0.3) is 0 Å². The molecule has 8 fully saturated rings. The van der Waals surface area contributed by atoms with E-state index in [0.717, 1.165) is 18.4 Å². The number of aliphatic hydroxyl groups is 18. The average molecular weight is 1290 g/mol. The highest BCUT2D eigenvalue weighted by molar-refractivity contribution is 5.88. The second-order valence-corrected chi connectivity index (χ2v) is 28.5. The molecule has 0 aromatic rings. The molecule has 3 saturated carbocycles. The summed E-state index contributed by atoms with van der Waals surface area (Å²) in [5, 5.41) is 192. The highest BCUT2D eigenvalue weighted by Crippen LogP contribution is 2.74. The summed E-state index contributed by atoms with van der Waals surface area (Å²) in [7, 11) is 0. The number of carbonyl (C=O) groups excluding carboxylic acids is 1. The highest BCUT2D eigenvalue weighted by atomic mass is 16.8. The predicted molar refractivity (Wildman–Crippen MR) is 299 cm³/mol. The second kappa shape index (κ2) is 27.4. The maximum atomic E-state index is 15.4. The van der Waals surface area contributed by atoms with E-state index >= 15 is 4.79 Å². The molecule has 9 aliphatic rings. The van der Waals surface area contributed by atoms with Crippen LogP contribution >= 0.6 is 0 Å². The molecule has 18 N–H and O–H groups in total. The molecular formula is C60H100O29. The van der Waals surface area contributed by atoms with Crippen molar-refractivity contribution in [3.8, 4) is 0 Å². The fourth-order valence-electron chi connectivity index (χ4n) is 16.7. The van der Waals surface area contributed by atoms with Gasteiger partial charge in [-0.05, 0) is 93.3 Å². The van der Waals surface area contributed by atoms with Gasteiger partial charge in [-0.15, -0.1) is 0 Å². The van der Waals surface area contributed by atoms with Gasteiger partial charge in [-0.1, -0.05) is 53.2 Å². The Labute approximate surface area is 516 Å². The Hall–Kier alpha value is -1.71. The zero-order valence-electron chi connectivity index (χ0n) is 51.7. The molecule has 89 heavy (non-hydrogen) atoms. The molecule has 0 spiro atoms. The number of hydrogen-bond acceptors (Lipinski definition) is 29. The fourth-order valence-corrected chi connectivity index (χ4v) is 16.7. The van der Waals surface area contributed by atoms with Crippen LogP contribution in [0.15, 0.2) is 11.6 Å². The van der Waals surface area contributed by atoms with Gasteiger partial charge in [0.1, 0.15) is 128 Å². The van der Waals surface area contributed by atoms with Crippen LogP contribution in [-0.4, -0.2) is 302 Å². The number of ether oxygens (including phenoxy) is 10. The van der Waals surface area contributed by atoms with E-state index in [1.165, 1.54) is 13.8 Å². The monoisotopic (exact) mass is 1280 g/mol. The lowest BCUT2D eigenvalue weighted by molar-refractivity contribution is -0.380. The summed E-state index contributed by atoms with van der Waals surface area (Å²) in [6.07, 6.45) is -37.4. The SMILES string of the molecule is C[C@@H](CC[C@@H](O[C@@H]1O[C@H](CO[C@@H]2O[C@H](CO)[C@@H](O)[C@H](O)[C@H]2O)[C@@H](O)[C@H](O)[C@H]1O[C@@H]1O[C@H](CO)[C@@H](O)[C@H](O)[C@H]1O)C(C)(C)O)[C@H]1CC[C@@]2(C)[C@@H]3CC=C4[C@@H](CC[C@H](O[C@@H]5O[C@H](CO[C@@H]6O[C@H](CO)[C@@H](O)[C@H](O)[C@H]6O)[C@@H](O)[C@H](O)[C@H]5O)C4(C)C)[C@]3(C)C(=O)C[C@]12C. The predicted octanol–water partition coefficient (Wildman–Crippen LogP) is -5.20. The molecule has 9 rings (SSSR count). The largest absolute Gasteiger partial charge is 0.394 e. The van der Waals surface area contributed by atoms with Gasteiger partial charge in [-0.25, -0.2) is 0 Å². The van der Waals surface area contributed by atoms with Gasteiger partial charge in [0, 0.05) is 17.3 Å². The van der Waals surface area contributed by atoms with Crippen LogP contribution in [0.5, 0.6) is 0 Å². The van der Waals surface area contributed by atoms with Gasteiger partial charge in [-0.3, -0.25) is 4.79 Å². The van der Waals surface area contributed by atoms with Crippen molar-refractivity contribution in [1.29, 1.82) is 0 Å². The van der Waals surface area contributed by atoms with Gasteiger partial charge in [0.2, 0.25) is 0 Å². The smallest absolute Gasteiger partial charge is 0.187 e. The van der Waals surface area contributed by atoms with Crippen LogP contribution in [0.1, 0.15) is 107 Å². The van der Waals surface area contributed by atoms with Crippen molar-refractivity contribution in [2.75, 3.05) is 33.0 Å². The standard InChI is InChI=1S/C60H100O29/c1-23(9-13-35(57(4,5)79)88-55-50(89-54-49(78)43(72)38(67)29(20-63)84-54)45(74)40(69)31(86-55)22-81-52-47(76)42(71)37(66)28(19-62)83-52)24-15-16-58(6)32-12-10-25-26(60(32,8)33(64)17-59(24,58)7)11-14-34(56(25,2)3)87-53-48(77)44(73)39(68)30(85-53)21-80-51-46(75)41(70)36(65)27(18-61)82-51/h10,23-24,26-32,34-55,61-63,65-79H,9,11-22H2,1-8H3/t23-,24+,26+,27+,28+,29+,30+,31+,32-,34-,35+,36+,37+,38+,39+,40+,41-,42-,43-,44-,45-,46+,47+,48+,49+,50+,51+,52+,53-,54-,55-,58-,59+,60-/m0/s1. The Morgan fingerprint density at radius 1 is 0.539 bits per heavy atom. The first-order valence-electron chi connectivity index (χ1n) is 31.4. The molecule has 0 bridgehead atoms. The Bertz CT molecular complexity index is 2390. The lowest BCUT2D eigenvalue weighted by Gasteiger charge is -2.65. The molecule has 29 nitrogen and oxygen atoms in total. The lowest BCUT2D eigenvalue weighted by atomic mass is 9.38. The first kappa shape index (κ1) is 71.6. The van der Waals surface area contributed by atoms with E-state index in [1.54, 1.807) is 0 Å². The maximum Gasteiger partial charge on any atom is 0.187 e. The Morgan fingerprint density at radius 3 is 1.47 bits per heavy atom. The molecule has 514 valence electrons. The molecular weight excluding hydrogens is 1180 g/mol. The molecule has 5 saturated heterocycles. The molecule has 0 amide bonds. The Morgan fingerprint density at radius 2 is 0.978 bits per heavy atom. The van der Waals surface area contributed by atoms with Crippen molar-refractivity contribution in [3.05, 3.63) is 11.6 Å². The van der Waals surface area contributed by atoms with Crippen molar-refractivity contribution in [2.45, 2.75) is 278 Å². The van der Waals surface area contributed by atoms with Crippen molar-refractivity contribution >= 4 is 5.78 Å². The lowest BCUT2D eigenvalue weighted by Crippen LogP contribution is -2.65. The number of carbonyl (C=O) groups is 1. The zero-order valence-corrected chi connectivity index (χ0v) is 51.7. The van der Waals surface area contributed by atoms with Crippen molar-refractivity contribution in [1.82, 2.24) is 0 Å². The third-order valence-corrected chi connectivity index (χ3v) is 22.6. The molecule has 5 aliphatic heterocycles. The van der Waals surface area contributed by atoms with Crippen LogP contribution < -0.4 is 0 Å². The van der Waals surface area contributed by atoms with Gasteiger partial charge in [0.05, 0.1) is 50.8 Å². The van der Waals surface area contributed by atoms with E-state index in [2.05, 4.69) is 33.8 Å². The van der Waals surface area contributed by atoms with Gasteiger partial charge in [0.15, 0.2) is 31.5 Å². The van der Waals surface area contributed by atoms with Crippen molar-refractivity contribution in [3.63, 3.8) is 0 Å². The summed E-state index contributed by atoms with van der Waals surface area (Å²) in [5.74, 6) is -0.178. The molecule has 34 atom stereocenters. The van der Waals surface area contributed by atoms with E-state index in [1.807, 2.05) is 13.8 Å². The first-order valence-corrected chi connectivity index (χ1v) is 31.4. The number of ketones is 1.